The number of hydrogen-bond donors (Lipinski definition) is 2. The fourth-order valence-electron chi connectivity index (χ4n) is 2.71. The van der Waals surface area contributed by atoms with E-state index in [1.165, 1.54) is 23.3 Å². The van der Waals surface area contributed by atoms with E-state index in [0.717, 1.165) is 29.2 Å². The van der Waals surface area contributed by atoms with Crippen LogP contribution in [0, 0.1) is 26.6 Å². The molecule has 3 rings (SSSR count). The van der Waals surface area contributed by atoms with Crippen LogP contribution in [-0.4, -0.2) is 16.5 Å². The molecule has 134 valence electrons. The lowest BCUT2D eigenvalue weighted by molar-refractivity contribution is 0.627. The van der Waals surface area contributed by atoms with Crippen molar-refractivity contribution in [2.45, 2.75) is 27.2 Å². The monoisotopic (exact) mass is 350 g/mol. The van der Waals surface area contributed by atoms with Crippen molar-refractivity contribution in [3.05, 3.63) is 76.7 Å². The van der Waals surface area contributed by atoms with Crippen molar-refractivity contribution in [2.75, 3.05) is 17.2 Å². The molecule has 0 radical (unpaired) electrons. The summed E-state index contributed by atoms with van der Waals surface area (Å²) in [5.41, 5.74) is 5.44. The highest BCUT2D eigenvalue weighted by molar-refractivity contribution is 5.62. The van der Waals surface area contributed by atoms with Gasteiger partial charge in [0.05, 0.1) is 0 Å². The van der Waals surface area contributed by atoms with Crippen LogP contribution >= 0.6 is 0 Å². The number of aryl methyl sites for hydroxylation is 2. The molecule has 4 nitrogen and oxygen atoms in total. The summed E-state index contributed by atoms with van der Waals surface area (Å²) in [4.78, 5) is 8.99. The Morgan fingerprint density at radius 2 is 1.73 bits per heavy atom. The Morgan fingerprint density at radius 1 is 0.962 bits per heavy atom. The molecule has 0 saturated heterocycles. The Balaban J connectivity index is 1.67. The number of benzene rings is 2. The second kappa shape index (κ2) is 7.95. The van der Waals surface area contributed by atoms with E-state index in [0.29, 0.717) is 12.5 Å². The van der Waals surface area contributed by atoms with Crippen LogP contribution in [0.1, 0.15) is 22.4 Å². The van der Waals surface area contributed by atoms with Crippen LogP contribution < -0.4 is 10.6 Å². The van der Waals surface area contributed by atoms with E-state index in [1.807, 2.05) is 25.1 Å². The van der Waals surface area contributed by atoms with Crippen LogP contribution in [0.4, 0.5) is 21.8 Å². The molecule has 0 spiro atoms. The SMILES string of the molecule is Cc1cc(Nc2cccc(C)c2C)nc(NCCc2ccc(F)cc2)n1. The fraction of sp³-hybridized carbons (Fsp3) is 0.238. The van der Waals surface area contributed by atoms with Gasteiger partial charge in [0.25, 0.3) is 0 Å². The van der Waals surface area contributed by atoms with Crippen molar-refractivity contribution < 1.29 is 4.39 Å². The Labute approximate surface area is 153 Å². The summed E-state index contributed by atoms with van der Waals surface area (Å²) in [5, 5.41) is 6.62. The summed E-state index contributed by atoms with van der Waals surface area (Å²) in [6.07, 6.45) is 0.775. The predicted octanol–water partition coefficient (Wildman–Crippen LogP) is 4.94. The lowest BCUT2D eigenvalue weighted by atomic mass is 10.1. The largest absolute Gasteiger partial charge is 0.354 e. The van der Waals surface area contributed by atoms with Gasteiger partial charge in [0.2, 0.25) is 5.95 Å². The molecule has 1 aromatic heterocycles. The zero-order valence-electron chi connectivity index (χ0n) is 15.3. The van der Waals surface area contributed by atoms with Crippen LogP contribution in [-0.2, 0) is 6.42 Å². The van der Waals surface area contributed by atoms with Crippen LogP contribution in [0.5, 0.6) is 0 Å². The highest BCUT2D eigenvalue weighted by Gasteiger charge is 2.05. The number of aromatic nitrogens is 2. The van der Waals surface area contributed by atoms with Crippen molar-refractivity contribution in [1.82, 2.24) is 9.97 Å². The van der Waals surface area contributed by atoms with Gasteiger partial charge >= 0.3 is 0 Å². The molecule has 0 aliphatic carbocycles. The lowest BCUT2D eigenvalue weighted by Crippen LogP contribution is -2.10. The molecule has 2 aromatic carbocycles. The molecule has 0 aliphatic heterocycles. The molecular weight excluding hydrogens is 327 g/mol. The highest BCUT2D eigenvalue weighted by atomic mass is 19.1. The molecule has 3 aromatic rings. The van der Waals surface area contributed by atoms with Gasteiger partial charge in [-0.2, -0.15) is 4.98 Å². The zero-order chi connectivity index (χ0) is 18.5. The minimum atomic E-state index is -0.217. The molecule has 2 N–H and O–H groups in total. The Bertz CT molecular complexity index is 891. The van der Waals surface area contributed by atoms with Gasteiger partial charge in [0, 0.05) is 24.0 Å². The van der Waals surface area contributed by atoms with E-state index >= 15 is 0 Å². The third kappa shape index (κ3) is 4.57. The second-order valence-corrected chi connectivity index (χ2v) is 6.39. The summed E-state index contributed by atoms with van der Waals surface area (Å²) in [5.74, 6) is 1.13. The maximum Gasteiger partial charge on any atom is 0.224 e. The van der Waals surface area contributed by atoms with Crippen molar-refractivity contribution in [2.24, 2.45) is 0 Å². The zero-order valence-corrected chi connectivity index (χ0v) is 15.3. The molecule has 0 fully saturated rings. The molecule has 5 heteroatoms. The van der Waals surface area contributed by atoms with Gasteiger partial charge in [0.1, 0.15) is 11.6 Å². The van der Waals surface area contributed by atoms with Crippen LogP contribution in [0.2, 0.25) is 0 Å². The second-order valence-electron chi connectivity index (χ2n) is 6.39. The molecule has 0 bridgehead atoms. The van der Waals surface area contributed by atoms with E-state index in [1.54, 1.807) is 12.1 Å². The number of rotatable bonds is 6. The number of anilines is 3. The molecular formula is C21H23FN4. The summed E-state index contributed by atoms with van der Waals surface area (Å²) in [7, 11) is 0. The van der Waals surface area contributed by atoms with Crippen molar-refractivity contribution in [3.8, 4) is 0 Å². The third-order valence-electron chi connectivity index (χ3n) is 4.33. The van der Waals surface area contributed by atoms with Crippen LogP contribution in [0.3, 0.4) is 0 Å². The molecule has 26 heavy (non-hydrogen) atoms. The van der Waals surface area contributed by atoms with Gasteiger partial charge in [0.15, 0.2) is 0 Å². The average Bonchev–Trinajstić information content (AvgIpc) is 2.60. The highest BCUT2D eigenvalue weighted by Crippen LogP contribution is 2.22. The fourth-order valence-corrected chi connectivity index (χ4v) is 2.71. The van der Waals surface area contributed by atoms with Crippen LogP contribution in [0.15, 0.2) is 48.5 Å². The van der Waals surface area contributed by atoms with E-state index in [-0.39, 0.29) is 5.82 Å². The van der Waals surface area contributed by atoms with Gasteiger partial charge in [-0.1, -0.05) is 24.3 Å². The molecule has 0 amide bonds. The number of nitrogens with one attached hydrogen (secondary N) is 2. The summed E-state index contributed by atoms with van der Waals surface area (Å²) < 4.78 is 13.0. The van der Waals surface area contributed by atoms with Gasteiger partial charge < -0.3 is 10.6 Å². The molecule has 0 aliphatic rings. The Hall–Kier alpha value is -2.95. The van der Waals surface area contributed by atoms with Gasteiger partial charge in [-0.3, -0.25) is 0 Å². The first-order valence-corrected chi connectivity index (χ1v) is 8.68. The lowest BCUT2D eigenvalue weighted by Gasteiger charge is -2.13. The third-order valence-corrected chi connectivity index (χ3v) is 4.33. The van der Waals surface area contributed by atoms with Crippen molar-refractivity contribution in [1.29, 1.82) is 0 Å². The molecule has 0 unspecified atom stereocenters. The summed E-state index contributed by atoms with van der Waals surface area (Å²) >= 11 is 0. The first-order valence-electron chi connectivity index (χ1n) is 8.68. The van der Waals surface area contributed by atoms with E-state index < -0.39 is 0 Å². The van der Waals surface area contributed by atoms with E-state index in [9.17, 15) is 4.39 Å². The van der Waals surface area contributed by atoms with Gasteiger partial charge in [-0.25, -0.2) is 9.37 Å². The van der Waals surface area contributed by atoms with E-state index in [4.69, 9.17) is 0 Å². The van der Waals surface area contributed by atoms with Crippen molar-refractivity contribution in [3.63, 3.8) is 0 Å². The average molecular weight is 350 g/mol. The topological polar surface area (TPSA) is 49.8 Å². The van der Waals surface area contributed by atoms with Crippen molar-refractivity contribution >= 4 is 17.5 Å². The van der Waals surface area contributed by atoms with Gasteiger partial charge in [-0.15, -0.1) is 0 Å². The van der Waals surface area contributed by atoms with Crippen LogP contribution in [0.25, 0.3) is 0 Å². The van der Waals surface area contributed by atoms with Gasteiger partial charge in [-0.05, 0) is 62.1 Å². The first-order chi connectivity index (χ1) is 12.5. The summed E-state index contributed by atoms with van der Waals surface area (Å²) in [6.45, 7) is 6.81. The number of halogens is 1. The predicted molar refractivity (Wildman–Crippen MR) is 105 cm³/mol. The number of hydrogen-bond acceptors (Lipinski definition) is 4. The Morgan fingerprint density at radius 3 is 2.50 bits per heavy atom. The quantitative estimate of drug-likeness (QED) is 0.661. The minimum absolute atomic E-state index is 0.217. The minimum Gasteiger partial charge on any atom is -0.354 e. The smallest absolute Gasteiger partial charge is 0.224 e. The first kappa shape index (κ1) is 17.9. The Kier molecular flexibility index (Phi) is 5.46. The number of nitrogens with zero attached hydrogens (tertiary/aromatic N) is 2. The molecule has 1 heterocycles. The molecule has 0 saturated carbocycles. The maximum absolute atomic E-state index is 13.0. The van der Waals surface area contributed by atoms with E-state index in [2.05, 4.69) is 40.5 Å². The molecule has 0 atom stereocenters. The normalized spacial score (nSPS) is 10.6. The maximum atomic E-state index is 13.0. The summed E-state index contributed by atoms with van der Waals surface area (Å²) in [6, 6.07) is 14.6. The standard InChI is InChI=1S/C21H23FN4/c1-14-5-4-6-19(16(14)3)25-20-13-15(2)24-21(26-20)23-12-11-17-7-9-18(22)10-8-17/h4-10,13H,11-12H2,1-3H3,(H2,23,24,25,26).